The predicted octanol–water partition coefficient (Wildman–Crippen LogP) is 3.71. The molecule has 1 fully saturated rings. The number of hydrogen-bond donors (Lipinski definition) is 0. The van der Waals surface area contributed by atoms with E-state index < -0.39 is 0 Å². The van der Waals surface area contributed by atoms with E-state index in [9.17, 15) is 0 Å². The van der Waals surface area contributed by atoms with Gasteiger partial charge in [0.15, 0.2) is 0 Å². The fourth-order valence-corrected chi connectivity index (χ4v) is 1.50. The average molecular weight is 367 g/mol. The van der Waals surface area contributed by atoms with Crippen LogP contribution < -0.4 is 0 Å². The first-order valence-corrected chi connectivity index (χ1v) is 6.18. The third-order valence-electron chi connectivity index (χ3n) is 2.14. The summed E-state index contributed by atoms with van der Waals surface area (Å²) in [6.07, 6.45) is 4.17. The third-order valence-corrected chi connectivity index (χ3v) is 2.14. The van der Waals surface area contributed by atoms with Gasteiger partial charge in [-0.25, -0.2) is 0 Å². The molecule has 0 aliphatic carbocycles. The van der Waals surface area contributed by atoms with Crippen LogP contribution in [0.25, 0.3) is 0 Å². The Morgan fingerprint density at radius 1 is 1.42 bits per heavy atom. The lowest BCUT2D eigenvalue weighted by atomic mass is 10.2. The summed E-state index contributed by atoms with van der Waals surface area (Å²) in [7, 11) is 2.22. The number of likely N-dealkylation sites (tertiary alicyclic amines) is 1. The third kappa shape index (κ3) is 6.83. The van der Waals surface area contributed by atoms with Gasteiger partial charge in [-0.05, 0) is 32.9 Å². The van der Waals surface area contributed by atoms with Gasteiger partial charge in [-0.1, -0.05) is 6.92 Å². The Balaban J connectivity index is 0.000000261. The molecule has 2 nitrogen and oxygen atoms in total. The molecule has 0 saturated carbocycles. The van der Waals surface area contributed by atoms with Crippen LogP contribution in [-0.4, -0.2) is 26.5 Å². The number of hydrogen-bond acceptors (Lipinski definition) is 2. The number of halogens is 3. The lowest BCUT2D eigenvalue weighted by Gasteiger charge is -2.16. The Hall–Kier alpha value is 1.36. The number of nitrogens with zero attached hydrogens (tertiary/aromatic N) is 2. The van der Waals surface area contributed by atoms with Crippen molar-refractivity contribution in [1.82, 2.24) is 6.88 Å². The van der Waals surface area contributed by atoms with Crippen LogP contribution in [0.3, 0.4) is 0 Å². The molecule has 1 heterocycles. The molecule has 0 aromatic carbocycles. The Kier molecular flexibility index (Phi) is 8.61. The molecule has 0 amide bonds. The first-order chi connectivity index (χ1) is 5.57. The minimum absolute atomic E-state index is 0.898. The van der Waals surface area contributed by atoms with Crippen molar-refractivity contribution in [3.63, 3.8) is 0 Å². The molecule has 0 bridgehead atoms. The highest BCUT2D eigenvalue weighted by Gasteiger charge is 2.17. The second-order valence-electron chi connectivity index (χ2n) is 2.88. The maximum atomic E-state index is 2.94. The first kappa shape index (κ1) is 13.4. The molecular formula is C7H15Br3N2. The zero-order valence-electron chi connectivity index (χ0n) is 7.43. The second-order valence-corrected chi connectivity index (χ2v) is 7.86. The van der Waals surface area contributed by atoms with Gasteiger partial charge in [-0.15, -0.1) is 1.98 Å². The lowest BCUT2D eigenvalue weighted by molar-refractivity contribution is 0.304. The summed E-state index contributed by atoms with van der Waals surface area (Å²) < 4.78 is 1.44. The van der Waals surface area contributed by atoms with Gasteiger partial charge < -0.3 is 4.90 Å². The van der Waals surface area contributed by atoms with Gasteiger partial charge in [-0.3, -0.25) is 0 Å². The molecule has 74 valence electrons. The minimum atomic E-state index is 0.898. The van der Waals surface area contributed by atoms with Crippen LogP contribution in [0, 0.1) is 0 Å². The molecule has 1 saturated heterocycles. The maximum absolute atomic E-state index is 2.94. The summed E-state index contributed by atoms with van der Waals surface area (Å²) in [5.74, 6) is 0. The van der Waals surface area contributed by atoms with Gasteiger partial charge in [0.05, 0.1) is 0 Å². The molecule has 0 spiro atoms. The van der Waals surface area contributed by atoms with Crippen molar-refractivity contribution in [1.29, 1.82) is 0 Å². The normalized spacial score (nSPS) is 24.0. The van der Waals surface area contributed by atoms with Gasteiger partial charge in [0, 0.05) is 54.5 Å². The topological polar surface area (TPSA) is 6.48 Å². The van der Waals surface area contributed by atoms with Crippen molar-refractivity contribution in [2.45, 2.75) is 32.2 Å². The van der Waals surface area contributed by atoms with E-state index in [1.54, 1.807) is 0 Å². The van der Waals surface area contributed by atoms with E-state index in [2.05, 4.69) is 67.3 Å². The zero-order valence-corrected chi connectivity index (χ0v) is 12.2. The molecule has 1 unspecified atom stereocenters. The summed E-state index contributed by atoms with van der Waals surface area (Å²) in [4.78, 5) is 2.46. The van der Waals surface area contributed by atoms with Gasteiger partial charge in [0.2, 0.25) is 0 Å². The predicted molar refractivity (Wildman–Crippen MR) is 64.6 cm³/mol. The zero-order chi connectivity index (χ0) is 9.56. The van der Waals surface area contributed by atoms with Crippen LogP contribution in [0.5, 0.6) is 0 Å². The van der Waals surface area contributed by atoms with Crippen LogP contribution >= 0.6 is 48.4 Å². The molecule has 5 heteroatoms. The van der Waals surface area contributed by atoms with Crippen molar-refractivity contribution < 1.29 is 0 Å². The van der Waals surface area contributed by atoms with E-state index in [1.807, 2.05) is 0 Å². The van der Waals surface area contributed by atoms with Crippen LogP contribution in [0.4, 0.5) is 0 Å². The molecule has 1 rings (SSSR count). The van der Waals surface area contributed by atoms with E-state index >= 15 is 0 Å². The van der Waals surface area contributed by atoms with E-state index in [4.69, 9.17) is 0 Å². The quantitative estimate of drug-likeness (QED) is 0.653. The van der Waals surface area contributed by atoms with E-state index in [0.717, 1.165) is 6.04 Å². The largest absolute Gasteiger partial charge is 0.303 e. The summed E-state index contributed by atoms with van der Waals surface area (Å²) in [6.45, 7) is 3.59. The van der Waals surface area contributed by atoms with Crippen LogP contribution in [-0.2, 0) is 0 Å². The first-order valence-electron chi connectivity index (χ1n) is 4.05. The molecule has 0 N–H and O–H groups in total. The Morgan fingerprint density at radius 3 is 2.08 bits per heavy atom. The second kappa shape index (κ2) is 7.74. The Bertz CT molecular complexity index is 108. The molecule has 0 aromatic rings. The molecule has 12 heavy (non-hydrogen) atoms. The van der Waals surface area contributed by atoms with Crippen LogP contribution in [0.2, 0.25) is 0 Å². The summed E-state index contributed by atoms with van der Waals surface area (Å²) in [5, 5.41) is 0. The van der Waals surface area contributed by atoms with Gasteiger partial charge in [-0.2, -0.15) is 0 Å². The van der Waals surface area contributed by atoms with Gasteiger partial charge >= 0.3 is 0 Å². The SMILES string of the molecule is BrN(Br)Br.CCC1CCCN1C. The fraction of sp³-hybridized carbons (Fsp3) is 1.00. The minimum Gasteiger partial charge on any atom is -0.303 e. The standard InChI is InChI=1S/C7H15N.Br3N/c1-3-7-5-4-6-8(7)2;1-4(2)3/h7H,3-6H2,1-2H3;. The summed E-state index contributed by atoms with van der Waals surface area (Å²) >= 11 is 8.81. The van der Waals surface area contributed by atoms with Crippen LogP contribution in [0.15, 0.2) is 0 Å². The molecule has 1 atom stereocenters. The fourth-order valence-electron chi connectivity index (χ4n) is 1.50. The summed E-state index contributed by atoms with van der Waals surface area (Å²) in [6, 6.07) is 0.898. The maximum Gasteiger partial charge on any atom is 0.0364 e. The monoisotopic (exact) mass is 364 g/mol. The Morgan fingerprint density at radius 2 is 1.92 bits per heavy atom. The average Bonchev–Trinajstić information content (AvgIpc) is 2.33. The van der Waals surface area contributed by atoms with E-state index in [0.29, 0.717) is 0 Å². The van der Waals surface area contributed by atoms with E-state index in [1.165, 1.54) is 27.8 Å². The van der Waals surface area contributed by atoms with Gasteiger partial charge in [0.25, 0.3) is 0 Å². The van der Waals surface area contributed by atoms with E-state index in [-0.39, 0.29) is 0 Å². The Labute approximate surface area is 101 Å². The lowest BCUT2D eigenvalue weighted by Crippen LogP contribution is -2.23. The number of rotatable bonds is 1. The summed E-state index contributed by atoms with van der Waals surface area (Å²) in [5.41, 5.74) is 0. The smallest absolute Gasteiger partial charge is 0.0364 e. The molecule has 1 aliphatic rings. The van der Waals surface area contributed by atoms with Crippen LogP contribution in [0.1, 0.15) is 26.2 Å². The van der Waals surface area contributed by atoms with Crippen molar-refractivity contribution >= 4 is 48.4 Å². The van der Waals surface area contributed by atoms with Gasteiger partial charge in [0.1, 0.15) is 0 Å². The highest BCUT2D eigenvalue weighted by molar-refractivity contribution is 9.33. The van der Waals surface area contributed by atoms with Crippen molar-refractivity contribution in [2.75, 3.05) is 13.6 Å². The molecule has 1 aliphatic heterocycles. The highest BCUT2D eigenvalue weighted by Crippen LogP contribution is 2.16. The van der Waals surface area contributed by atoms with Crippen molar-refractivity contribution in [3.05, 3.63) is 0 Å². The van der Waals surface area contributed by atoms with Crippen molar-refractivity contribution in [2.24, 2.45) is 0 Å². The van der Waals surface area contributed by atoms with Crippen molar-refractivity contribution in [3.8, 4) is 0 Å². The molecule has 0 aromatic heterocycles. The molecular weight excluding hydrogens is 352 g/mol. The highest BCUT2D eigenvalue weighted by atomic mass is 80.0. The molecule has 0 radical (unpaired) electrons.